The van der Waals surface area contributed by atoms with E-state index in [0.717, 1.165) is 0 Å². The van der Waals surface area contributed by atoms with Gasteiger partial charge in [0, 0.05) is 0 Å². The molecular weight excluding hydrogens is 232 g/mol. The average molecular weight is 267 g/mol. The fourth-order valence-corrected chi connectivity index (χ4v) is 3.36. The summed E-state index contributed by atoms with van der Waals surface area (Å²) in [6.45, 7) is 11.9. The standard InChI is InChI=1S/C17H34Si/c1-6-8-10-12-14-16-17(18(3,4)5)15-13-11-9-7-2/h13,15-16H,6-12,14H2,1-5H3/b15-13+,17-16-. The van der Waals surface area contributed by atoms with Crippen LogP contribution in [0.4, 0.5) is 0 Å². The summed E-state index contributed by atoms with van der Waals surface area (Å²) in [5, 5.41) is 1.65. The van der Waals surface area contributed by atoms with Crippen molar-refractivity contribution in [3.05, 3.63) is 23.4 Å². The van der Waals surface area contributed by atoms with Crippen molar-refractivity contribution in [3.63, 3.8) is 0 Å². The van der Waals surface area contributed by atoms with E-state index in [2.05, 4.69) is 51.7 Å². The molecule has 0 heterocycles. The van der Waals surface area contributed by atoms with Gasteiger partial charge in [-0.15, -0.1) is 0 Å². The molecule has 1 heteroatoms. The predicted molar refractivity (Wildman–Crippen MR) is 88.9 cm³/mol. The van der Waals surface area contributed by atoms with Crippen molar-refractivity contribution < 1.29 is 0 Å². The van der Waals surface area contributed by atoms with Crippen LogP contribution in [0.1, 0.15) is 65.2 Å². The zero-order valence-electron chi connectivity index (χ0n) is 13.4. The molecule has 106 valence electrons. The van der Waals surface area contributed by atoms with Gasteiger partial charge in [0.2, 0.25) is 0 Å². The smallest absolute Gasteiger partial charge is 0.0771 e. The lowest BCUT2D eigenvalue weighted by atomic mass is 10.1. The Morgan fingerprint density at radius 2 is 1.50 bits per heavy atom. The highest BCUT2D eigenvalue weighted by Crippen LogP contribution is 2.18. The van der Waals surface area contributed by atoms with Gasteiger partial charge in [0.05, 0.1) is 8.07 Å². The summed E-state index contributed by atoms with van der Waals surface area (Å²) in [5.74, 6) is 0. The molecule has 0 nitrogen and oxygen atoms in total. The molecule has 0 radical (unpaired) electrons. The number of rotatable bonds is 10. The van der Waals surface area contributed by atoms with Crippen molar-refractivity contribution in [2.24, 2.45) is 0 Å². The van der Waals surface area contributed by atoms with Gasteiger partial charge >= 0.3 is 0 Å². The van der Waals surface area contributed by atoms with Crippen LogP contribution in [0.2, 0.25) is 19.6 Å². The normalized spacial score (nSPS) is 13.5. The van der Waals surface area contributed by atoms with Crippen LogP contribution in [0.15, 0.2) is 23.4 Å². The quantitative estimate of drug-likeness (QED) is 0.240. The van der Waals surface area contributed by atoms with Gasteiger partial charge in [0.1, 0.15) is 0 Å². The molecule has 0 aromatic heterocycles. The summed E-state index contributed by atoms with van der Waals surface area (Å²) in [5.41, 5.74) is 0. The van der Waals surface area contributed by atoms with Crippen molar-refractivity contribution in [2.45, 2.75) is 84.9 Å². The van der Waals surface area contributed by atoms with Crippen molar-refractivity contribution in [1.29, 1.82) is 0 Å². The van der Waals surface area contributed by atoms with Gasteiger partial charge in [-0.1, -0.05) is 89.0 Å². The van der Waals surface area contributed by atoms with Crippen molar-refractivity contribution in [2.75, 3.05) is 0 Å². The van der Waals surface area contributed by atoms with Gasteiger partial charge in [0.15, 0.2) is 0 Å². The van der Waals surface area contributed by atoms with Crippen LogP contribution in [0.25, 0.3) is 0 Å². The predicted octanol–water partition coefficient (Wildman–Crippen LogP) is 6.51. The van der Waals surface area contributed by atoms with E-state index in [4.69, 9.17) is 0 Å². The van der Waals surface area contributed by atoms with E-state index in [0.29, 0.717) is 0 Å². The number of hydrogen-bond donors (Lipinski definition) is 0. The Bertz CT molecular complexity index is 243. The van der Waals surface area contributed by atoms with Crippen molar-refractivity contribution in [3.8, 4) is 0 Å². The summed E-state index contributed by atoms with van der Waals surface area (Å²) in [6, 6.07) is 0. The van der Waals surface area contributed by atoms with Gasteiger partial charge in [-0.25, -0.2) is 0 Å². The summed E-state index contributed by atoms with van der Waals surface area (Å²) in [6.07, 6.45) is 18.0. The van der Waals surface area contributed by atoms with E-state index in [9.17, 15) is 0 Å². The summed E-state index contributed by atoms with van der Waals surface area (Å²) in [4.78, 5) is 0. The van der Waals surface area contributed by atoms with Gasteiger partial charge in [0.25, 0.3) is 0 Å². The topological polar surface area (TPSA) is 0 Å². The lowest BCUT2D eigenvalue weighted by molar-refractivity contribution is 0.674. The van der Waals surface area contributed by atoms with E-state index in [-0.39, 0.29) is 0 Å². The second-order valence-electron chi connectivity index (χ2n) is 6.30. The van der Waals surface area contributed by atoms with E-state index < -0.39 is 8.07 Å². The Morgan fingerprint density at radius 1 is 0.833 bits per heavy atom. The lowest BCUT2D eigenvalue weighted by Crippen LogP contribution is -2.22. The first-order valence-electron chi connectivity index (χ1n) is 7.89. The van der Waals surface area contributed by atoms with Gasteiger partial charge in [-0.2, -0.15) is 0 Å². The van der Waals surface area contributed by atoms with E-state index in [1.165, 1.54) is 51.4 Å². The third-order valence-corrected chi connectivity index (χ3v) is 5.41. The van der Waals surface area contributed by atoms with Crippen LogP contribution in [-0.2, 0) is 0 Å². The molecule has 0 saturated heterocycles. The molecule has 0 atom stereocenters. The Morgan fingerprint density at radius 3 is 2.06 bits per heavy atom. The molecule has 0 rings (SSSR count). The van der Waals surface area contributed by atoms with Gasteiger partial charge < -0.3 is 0 Å². The van der Waals surface area contributed by atoms with E-state index in [1.54, 1.807) is 5.20 Å². The van der Waals surface area contributed by atoms with Crippen molar-refractivity contribution in [1.82, 2.24) is 0 Å². The molecule has 0 aliphatic carbocycles. The first-order valence-corrected chi connectivity index (χ1v) is 11.4. The Kier molecular flexibility index (Phi) is 10.4. The highest BCUT2D eigenvalue weighted by molar-refractivity contribution is 6.83. The lowest BCUT2D eigenvalue weighted by Gasteiger charge is -2.18. The maximum atomic E-state index is 2.52. The largest absolute Gasteiger partial charge is 0.0853 e. The summed E-state index contributed by atoms with van der Waals surface area (Å²) in [7, 11) is -1.14. The maximum Gasteiger partial charge on any atom is 0.0771 e. The molecule has 0 aromatic carbocycles. The minimum absolute atomic E-state index is 1.14. The average Bonchev–Trinajstić information content (AvgIpc) is 2.30. The minimum Gasteiger partial charge on any atom is -0.0853 e. The fourth-order valence-electron chi connectivity index (χ4n) is 1.99. The zero-order chi connectivity index (χ0) is 13.9. The third kappa shape index (κ3) is 9.70. The Labute approximate surface area is 117 Å². The maximum absolute atomic E-state index is 2.52. The number of unbranched alkanes of at least 4 members (excludes halogenated alkanes) is 6. The Balaban J connectivity index is 4.22. The highest BCUT2D eigenvalue weighted by atomic mass is 28.3. The summed E-state index contributed by atoms with van der Waals surface area (Å²) < 4.78 is 0. The molecule has 18 heavy (non-hydrogen) atoms. The summed E-state index contributed by atoms with van der Waals surface area (Å²) >= 11 is 0. The van der Waals surface area contributed by atoms with E-state index >= 15 is 0 Å². The van der Waals surface area contributed by atoms with Gasteiger partial charge in [-0.3, -0.25) is 0 Å². The number of allylic oxidation sites excluding steroid dienone is 4. The van der Waals surface area contributed by atoms with Crippen LogP contribution < -0.4 is 0 Å². The monoisotopic (exact) mass is 266 g/mol. The molecular formula is C17H34Si. The molecule has 0 unspecified atom stereocenters. The molecule has 0 spiro atoms. The fraction of sp³-hybridized carbons (Fsp3) is 0.765. The highest BCUT2D eigenvalue weighted by Gasteiger charge is 2.16. The molecule has 0 aliphatic rings. The first kappa shape index (κ1) is 17.7. The third-order valence-electron chi connectivity index (χ3n) is 3.31. The van der Waals surface area contributed by atoms with Crippen LogP contribution in [0.3, 0.4) is 0 Å². The zero-order valence-corrected chi connectivity index (χ0v) is 14.4. The van der Waals surface area contributed by atoms with E-state index in [1.807, 2.05) is 0 Å². The number of hydrogen-bond acceptors (Lipinski definition) is 0. The van der Waals surface area contributed by atoms with Crippen LogP contribution in [-0.4, -0.2) is 8.07 Å². The molecule has 0 amide bonds. The molecule has 0 N–H and O–H groups in total. The van der Waals surface area contributed by atoms with Crippen LogP contribution in [0, 0.1) is 0 Å². The second-order valence-corrected chi connectivity index (χ2v) is 11.4. The molecule has 0 aromatic rings. The van der Waals surface area contributed by atoms with Crippen LogP contribution in [0.5, 0.6) is 0 Å². The first-order chi connectivity index (χ1) is 8.52. The van der Waals surface area contributed by atoms with Crippen LogP contribution >= 0.6 is 0 Å². The molecule has 0 bridgehead atoms. The minimum atomic E-state index is -1.14. The Hall–Kier alpha value is -0.303. The SMILES string of the molecule is CCCC/C=C/C(=C/CCCCCC)[Si](C)(C)C. The molecule has 0 saturated carbocycles. The molecule has 0 aliphatic heterocycles. The molecule has 0 fully saturated rings. The van der Waals surface area contributed by atoms with Gasteiger partial charge in [-0.05, 0) is 19.3 Å². The second kappa shape index (κ2) is 10.6. The van der Waals surface area contributed by atoms with Crippen molar-refractivity contribution >= 4 is 8.07 Å².